The van der Waals surface area contributed by atoms with Crippen LogP contribution in [0, 0.1) is 0 Å². The second-order valence-corrected chi connectivity index (χ2v) is 6.08. The number of ether oxygens (including phenoxy) is 2. The Morgan fingerprint density at radius 2 is 2.23 bits per heavy atom. The Morgan fingerprint density at radius 3 is 2.95 bits per heavy atom. The van der Waals surface area contributed by atoms with Crippen LogP contribution in [0.3, 0.4) is 0 Å². The second-order valence-electron chi connectivity index (χ2n) is 5.00. The summed E-state index contributed by atoms with van der Waals surface area (Å²) < 4.78 is 10.7. The van der Waals surface area contributed by atoms with E-state index in [4.69, 9.17) is 9.47 Å². The number of benzene rings is 1. The molecule has 0 fully saturated rings. The summed E-state index contributed by atoms with van der Waals surface area (Å²) in [7, 11) is 1.56. The van der Waals surface area contributed by atoms with Gasteiger partial charge in [-0.05, 0) is 44.4 Å². The number of aromatic nitrogens is 1. The zero-order chi connectivity index (χ0) is 15.5. The van der Waals surface area contributed by atoms with Crippen molar-refractivity contribution in [3.63, 3.8) is 0 Å². The Bertz CT molecular complexity index is 675. The lowest BCUT2D eigenvalue weighted by Gasteiger charge is -2.10. The number of hydrogen-bond donors (Lipinski definition) is 1. The molecular formula is C16H18N2O3S. The number of methoxy groups -OCH3 is 1. The lowest BCUT2D eigenvalue weighted by Crippen LogP contribution is -2.12. The molecule has 0 unspecified atom stereocenters. The smallest absolute Gasteiger partial charge is 0.257 e. The normalized spacial score (nSPS) is 12.8. The number of rotatable bonds is 5. The first kappa shape index (κ1) is 14.8. The molecule has 6 heteroatoms. The lowest BCUT2D eigenvalue weighted by molar-refractivity contribution is 0.102. The van der Waals surface area contributed by atoms with E-state index < -0.39 is 0 Å². The number of nitrogens with one attached hydrogen (secondary N) is 1. The Labute approximate surface area is 133 Å². The fourth-order valence-corrected chi connectivity index (χ4v) is 3.54. The second kappa shape index (κ2) is 6.36. The Kier molecular flexibility index (Phi) is 4.29. The number of thiazole rings is 1. The maximum Gasteiger partial charge on any atom is 0.257 e. The van der Waals surface area contributed by atoms with E-state index in [9.17, 15) is 4.79 Å². The van der Waals surface area contributed by atoms with Gasteiger partial charge in [0.05, 0.1) is 19.4 Å². The molecule has 3 rings (SSSR count). The van der Waals surface area contributed by atoms with Crippen LogP contribution >= 0.6 is 11.3 Å². The number of carbonyl (C=O) groups excluding carboxylic acids is 1. The summed E-state index contributed by atoms with van der Waals surface area (Å²) in [5.41, 5.74) is 1.65. The van der Waals surface area contributed by atoms with Crippen molar-refractivity contribution in [3.05, 3.63) is 34.3 Å². The van der Waals surface area contributed by atoms with Crippen LogP contribution in [-0.4, -0.2) is 24.6 Å². The fourth-order valence-electron chi connectivity index (χ4n) is 2.50. The lowest BCUT2D eigenvalue weighted by atomic mass is 10.2. The van der Waals surface area contributed by atoms with E-state index in [0.29, 0.717) is 28.8 Å². The monoisotopic (exact) mass is 318 g/mol. The summed E-state index contributed by atoms with van der Waals surface area (Å²) >= 11 is 1.57. The standard InChI is InChI=1S/C16H18N2O3S/c1-3-21-12-8-7-10(9-13(12)20-2)15(19)18-16-17-11-5-4-6-14(11)22-16/h7-9H,3-6H2,1-2H3,(H,17,18,19). The van der Waals surface area contributed by atoms with Gasteiger partial charge in [0.2, 0.25) is 0 Å². The van der Waals surface area contributed by atoms with E-state index in [1.807, 2.05) is 6.92 Å². The SMILES string of the molecule is CCOc1ccc(C(=O)Nc2nc3c(s2)CCC3)cc1OC. The summed E-state index contributed by atoms with van der Waals surface area (Å²) in [6.45, 7) is 2.45. The van der Waals surface area contributed by atoms with Crippen molar-refractivity contribution in [2.24, 2.45) is 0 Å². The quantitative estimate of drug-likeness (QED) is 0.919. The molecule has 1 amide bonds. The number of fused-ring (bicyclic) bond motifs is 1. The van der Waals surface area contributed by atoms with Crippen LogP contribution in [0.15, 0.2) is 18.2 Å². The zero-order valence-corrected chi connectivity index (χ0v) is 13.5. The van der Waals surface area contributed by atoms with Crippen LogP contribution < -0.4 is 14.8 Å². The first-order valence-electron chi connectivity index (χ1n) is 7.32. The van der Waals surface area contributed by atoms with Gasteiger partial charge in [-0.3, -0.25) is 10.1 Å². The average molecular weight is 318 g/mol. The van der Waals surface area contributed by atoms with Gasteiger partial charge in [0.15, 0.2) is 16.6 Å². The number of aryl methyl sites for hydroxylation is 2. The van der Waals surface area contributed by atoms with Crippen molar-refractivity contribution in [3.8, 4) is 11.5 Å². The first-order chi connectivity index (χ1) is 10.7. The molecular weight excluding hydrogens is 300 g/mol. The van der Waals surface area contributed by atoms with E-state index in [-0.39, 0.29) is 5.91 Å². The number of nitrogens with zero attached hydrogens (tertiary/aromatic N) is 1. The van der Waals surface area contributed by atoms with Gasteiger partial charge in [-0.2, -0.15) is 0 Å². The van der Waals surface area contributed by atoms with Crippen LogP contribution in [0.4, 0.5) is 5.13 Å². The van der Waals surface area contributed by atoms with Crippen molar-refractivity contribution in [1.82, 2.24) is 4.98 Å². The minimum Gasteiger partial charge on any atom is -0.493 e. The van der Waals surface area contributed by atoms with Crippen molar-refractivity contribution < 1.29 is 14.3 Å². The van der Waals surface area contributed by atoms with Crippen LogP contribution in [0.25, 0.3) is 0 Å². The fraction of sp³-hybridized carbons (Fsp3) is 0.375. The number of carbonyl (C=O) groups is 1. The highest BCUT2D eigenvalue weighted by molar-refractivity contribution is 7.15. The molecule has 0 saturated heterocycles. The molecule has 0 radical (unpaired) electrons. The Hall–Kier alpha value is -2.08. The molecule has 2 aromatic rings. The van der Waals surface area contributed by atoms with Crippen molar-refractivity contribution in [2.45, 2.75) is 26.2 Å². The zero-order valence-electron chi connectivity index (χ0n) is 12.6. The summed E-state index contributed by atoms with van der Waals surface area (Å²) in [6.07, 6.45) is 3.25. The van der Waals surface area contributed by atoms with E-state index in [2.05, 4.69) is 10.3 Å². The Balaban J connectivity index is 1.76. The molecule has 116 valence electrons. The highest BCUT2D eigenvalue weighted by Crippen LogP contribution is 2.31. The van der Waals surface area contributed by atoms with Gasteiger partial charge in [-0.1, -0.05) is 0 Å². The highest BCUT2D eigenvalue weighted by Gasteiger charge is 2.18. The summed E-state index contributed by atoms with van der Waals surface area (Å²) in [6, 6.07) is 5.16. The summed E-state index contributed by atoms with van der Waals surface area (Å²) in [5, 5.41) is 3.53. The van der Waals surface area contributed by atoms with Crippen molar-refractivity contribution in [2.75, 3.05) is 19.0 Å². The molecule has 0 aliphatic heterocycles. The van der Waals surface area contributed by atoms with Crippen molar-refractivity contribution in [1.29, 1.82) is 0 Å². The molecule has 1 aromatic heterocycles. The maximum atomic E-state index is 12.3. The van der Waals surface area contributed by atoms with Gasteiger partial charge < -0.3 is 9.47 Å². The van der Waals surface area contributed by atoms with Gasteiger partial charge in [0.1, 0.15) is 0 Å². The van der Waals surface area contributed by atoms with Crippen LogP contribution in [0.5, 0.6) is 11.5 Å². The molecule has 22 heavy (non-hydrogen) atoms. The van der Waals surface area contributed by atoms with Gasteiger partial charge in [-0.15, -0.1) is 11.3 Å². The third kappa shape index (κ3) is 2.92. The van der Waals surface area contributed by atoms with Crippen molar-refractivity contribution >= 4 is 22.4 Å². The molecule has 1 aromatic carbocycles. The molecule has 0 saturated carbocycles. The minimum absolute atomic E-state index is 0.186. The number of amides is 1. The average Bonchev–Trinajstić information content (AvgIpc) is 3.09. The van der Waals surface area contributed by atoms with Gasteiger partial charge >= 0.3 is 0 Å². The third-order valence-corrected chi connectivity index (χ3v) is 4.61. The molecule has 5 nitrogen and oxygen atoms in total. The minimum atomic E-state index is -0.186. The Morgan fingerprint density at radius 1 is 1.36 bits per heavy atom. The predicted octanol–water partition coefficient (Wildman–Crippen LogP) is 3.29. The van der Waals surface area contributed by atoms with Crippen LogP contribution in [0.2, 0.25) is 0 Å². The largest absolute Gasteiger partial charge is 0.493 e. The topological polar surface area (TPSA) is 60.5 Å². The molecule has 1 aliphatic carbocycles. The first-order valence-corrected chi connectivity index (χ1v) is 8.13. The molecule has 1 heterocycles. The van der Waals surface area contributed by atoms with Gasteiger partial charge in [0, 0.05) is 10.4 Å². The molecule has 0 bridgehead atoms. The summed E-state index contributed by atoms with van der Waals surface area (Å²) in [5.74, 6) is 1.000. The van der Waals surface area contributed by atoms with Gasteiger partial charge in [-0.25, -0.2) is 4.98 Å². The highest BCUT2D eigenvalue weighted by atomic mass is 32.1. The van der Waals surface area contributed by atoms with Crippen LogP contribution in [-0.2, 0) is 12.8 Å². The van der Waals surface area contributed by atoms with E-state index in [0.717, 1.165) is 18.5 Å². The van der Waals surface area contributed by atoms with E-state index in [1.165, 1.54) is 11.3 Å². The predicted molar refractivity (Wildman–Crippen MR) is 86.3 cm³/mol. The van der Waals surface area contributed by atoms with Crippen LogP contribution in [0.1, 0.15) is 34.3 Å². The van der Waals surface area contributed by atoms with Gasteiger partial charge in [0.25, 0.3) is 5.91 Å². The molecule has 1 aliphatic rings. The maximum absolute atomic E-state index is 12.3. The van der Waals surface area contributed by atoms with E-state index in [1.54, 1.807) is 36.6 Å². The molecule has 0 spiro atoms. The number of anilines is 1. The molecule has 1 N–H and O–H groups in total. The van der Waals surface area contributed by atoms with E-state index >= 15 is 0 Å². The summed E-state index contributed by atoms with van der Waals surface area (Å²) in [4.78, 5) is 18.1. The number of hydrogen-bond acceptors (Lipinski definition) is 5. The molecule has 0 atom stereocenters. The third-order valence-electron chi connectivity index (χ3n) is 3.54.